The van der Waals surface area contributed by atoms with Gasteiger partial charge in [-0.2, -0.15) is 0 Å². The van der Waals surface area contributed by atoms with Gasteiger partial charge in [-0.25, -0.2) is 0 Å². The molecule has 1 aliphatic rings. The van der Waals surface area contributed by atoms with Crippen LogP contribution in [0.15, 0.2) is 59.7 Å². The number of ether oxygens (including phenoxy) is 1. The third kappa shape index (κ3) is 6.82. The average molecular weight is 410 g/mol. The van der Waals surface area contributed by atoms with Crippen molar-refractivity contribution >= 4 is 5.96 Å². The minimum atomic E-state index is -0.0587. The molecule has 2 heterocycles. The Morgan fingerprint density at radius 2 is 1.87 bits per heavy atom. The highest BCUT2D eigenvalue weighted by Crippen LogP contribution is 2.26. The van der Waals surface area contributed by atoms with Gasteiger partial charge < -0.3 is 20.7 Å². The van der Waals surface area contributed by atoms with E-state index in [-0.39, 0.29) is 11.6 Å². The van der Waals surface area contributed by atoms with Gasteiger partial charge in [0.2, 0.25) is 0 Å². The van der Waals surface area contributed by atoms with Gasteiger partial charge in [-0.1, -0.05) is 36.4 Å². The van der Waals surface area contributed by atoms with Crippen molar-refractivity contribution in [3.8, 4) is 0 Å². The average Bonchev–Trinajstić information content (AvgIpc) is 2.79. The Morgan fingerprint density at radius 3 is 2.57 bits per heavy atom. The highest BCUT2D eigenvalue weighted by Gasteiger charge is 2.34. The maximum absolute atomic E-state index is 5.65. The molecule has 1 fully saturated rings. The lowest BCUT2D eigenvalue weighted by atomic mass is 9.88. The second-order valence-electron chi connectivity index (χ2n) is 7.86. The van der Waals surface area contributed by atoms with E-state index in [1.807, 2.05) is 18.3 Å². The first-order valence-electron chi connectivity index (χ1n) is 11.0. The van der Waals surface area contributed by atoms with Gasteiger partial charge in [-0.15, -0.1) is 0 Å². The predicted octanol–water partition coefficient (Wildman–Crippen LogP) is 3.08. The first kappa shape index (κ1) is 22.2. The summed E-state index contributed by atoms with van der Waals surface area (Å²) in [6.07, 6.45) is 4.62. The molecule has 2 aromatic rings. The van der Waals surface area contributed by atoms with Crippen molar-refractivity contribution < 1.29 is 4.74 Å². The summed E-state index contributed by atoms with van der Waals surface area (Å²) in [5.74, 6) is 0.855. The topological polar surface area (TPSA) is 70.6 Å². The molecule has 0 saturated carbocycles. The van der Waals surface area contributed by atoms with E-state index in [9.17, 15) is 0 Å². The number of rotatable bonds is 9. The number of hydrogen-bond donors (Lipinski definition) is 3. The van der Waals surface area contributed by atoms with Crippen molar-refractivity contribution in [1.82, 2.24) is 20.9 Å². The van der Waals surface area contributed by atoms with Crippen molar-refractivity contribution in [2.24, 2.45) is 4.99 Å². The Hall–Kier alpha value is -2.44. The first-order valence-corrected chi connectivity index (χ1v) is 11.0. The summed E-state index contributed by atoms with van der Waals surface area (Å²) >= 11 is 0. The number of guanidine groups is 1. The van der Waals surface area contributed by atoms with Crippen molar-refractivity contribution in [2.45, 2.75) is 44.7 Å². The first-order chi connectivity index (χ1) is 14.7. The molecule has 0 amide bonds. The molecule has 1 saturated heterocycles. The summed E-state index contributed by atoms with van der Waals surface area (Å²) < 4.78 is 5.65. The normalized spacial score (nSPS) is 17.3. The molecule has 1 aliphatic heterocycles. The van der Waals surface area contributed by atoms with Crippen LogP contribution in [0.1, 0.15) is 44.0 Å². The molecule has 1 aromatic carbocycles. The second kappa shape index (κ2) is 11.7. The maximum Gasteiger partial charge on any atom is 0.191 e. The van der Waals surface area contributed by atoms with Crippen LogP contribution in [0.25, 0.3) is 0 Å². The summed E-state index contributed by atoms with van der Waals surface area (Å²) in [5.41, 5.74) is 2.32. The molecular formula is C24H35N5O. The molecule has 1 atom stereocenters. The summed E-state index contributed by atoms with van der Waals surface area (Å²) in [4.78, 5) is 9.33. The quantitative estimate of drug-likeness (QED) is 0.439. The van der Waals surface area contributed by atoms with Gasteiger partial charge in [0.25, 0.3) is 0 Å². The zero-order valence-electron chi connectivity index (χ0n) is 18.2. The Morgan fingerprint density at radius 1 is 1.10 bits per heavy atom. The standard InChI is InChI=1S/C24H35N5O/c1-3-25-23(27-16-12-22-11-7-8-15-26-22)28-19-24(13-17-30-18-14-24)29-20(2)21-9-5-4-6-10-21/h4-11,15,20,29H,3,12-14,16-19H2,1-2H3,(H2,25,27,28). The van der Waals surface area contributed by atoms with Crippen LogP contribution in [0.4, 0.5) is 0 Å². The molecule has 0 radical (unpaired) electrons. The van der Waals surface area contributed by atoms with E-state index in [2.05, 4.69) is 71.2 Å². The highest BCUT2D eigenvalue weighted by molar-refractivity contribution is 5.79. The van der Waals surface area contributed by atoms with Crippen LogP contribution in [-0.4, -0.2) is 49.3 Å². The van der Waals surface area contributed by atoms with Crippen LogP contribution in [-0.2, 0) is 11.2 Å². The Labute approximate surface area is 180 Å². The van der Waals surface area contributed by atoms with Crippen molar-refractivity contribution in [3.05, 3.63) is 66.0 Å². The van der Waals surface area contributed by atoms with Crippen LogP contribution in [0.2, 0.25) is 0 Å². The molecule has 6 nitrogen and oxygen atoms in total. The van der Waals surface area contributed by atoms with Crippen molar-refractivity contribution in [2.75, 3.05) is 32.8 Å². The zero-order valence-corrected chi connectivity index (χ0v) is 18.2. The highest BCUT2D eigenvalue weighted by atomic mass is 16.5. The molecule has 30 heavy (non-hydrogen) atoms. The lowest BCUT2D eigenvalue weighted by Gasteiger charge is -2.39. The van der Waals surface area contributed by atoms with E-state index < -0.39 is 0 Å². The summed E-state index contributed by atoms with van der Waals surface area (Å²) in [5, 5.41) is 10.7. The van der Waals surface area contributed by atoms with Gasteiger partial charge in [0.15, 0.2) is 5.96 Å². The van der Waals surface area contributed by atoms with Crippen LogP contribution >= 0.6 is 0 Å². The van der Waals surface area contributed by atoms with E-state index in [1.165, 1.54) is 5.56 Å². The number of pyridine rings is 1. The SMILES string of the molecule is CCNC(=NCC1(NC(C)c2ccccc2)CCOCC1)NCCc1ccccn1. The van der Waals surface area contributed by atoms with E-state index >= 15 is 0 Å². The largest absolute Gasteiger partial charge is 0.381 e. The molecule has 0 aliphatic carbocycles. The minimum Gasteiger partial charge on any atom is -0.381 e. The molecule has 162 valence electrons. The van der Waals surface area contributed by atoms with Gasteiger partial charge in [0.1, 0.15) is 0 Å². The van der Waals surface area contributed by atoms with E-state index in [4.69, 9.17) is 9.73 Å². The van der Waals surface area contributed by atoms with Gasteiger partial charge >= 0.3 is 0 Å². The minimum absolute atomic E-state index is 0.0587. The molecule has 1 aromatic heterocycles. The molecule has 0 spiro atoms. The van der Waals surface area contributed by atoms with Gasteiger partial charge in [-0.3, -0.25) is 9.98 Å². The summed E-state index contributed by atoms with van der Waals surface area (Å²) in [6.45, 7) is 8.21. The fourth-order valence-corrected chi connectivity index (χ4v) is 3.82. The van der Waals surface area contributed by atoms with E-state index in [1.54, 1.807) is 0 Å². The molecule has 3 rings (SSSR count). The van der Waals surface area contributed by atoms with E-state index in [0.29, 0.717) is 6.54 Å². The molecule has 3 N–H and O–H groups in total. The number of hydrogen-bond acceptors (Lipinski definition) is 4. The molecule has 6 heteroatoms. The maximum atomic E-state index is 5.65. The van der Waals surface area contributed by atoms with Crippen LogP contribution < -0.4 is 16.0 Å². The summed E-state index contributed by atoms with van der Waals surface area (Å²) in [6, 6.07) is 16.9. The lowest BCUT2D eigenvalue weighted by molar-refractivity contribution is 0.0374. The second-order valence-corrected chi connectivity index (χ2v) is 7.86. The number of nitrogens with zero attached hydrogens (tertiary/aromatic N) is 2. The van der Waals surface area contributed by atoms with Gasteiger partial charge in [0, 0.05) is 56.2 Å². The molecular weight excluding hydrogens is 374 g/mol. The van der Waals surface area contributed by atoms with Crippen LogP contribution in [0.5, 0.6) is 0 Å². The molecule has 1 unspecified atom stereocenters. The third-order valence-corrected chi connectivity index (χ3v) is 5.56. The fourth-order valence-electron chi connectivity index (χ4n) is 3.82. The lowest BCUT2D eigenvalue weighted by Crippen LogP contribution is -2.53. The zero-order chi connectivity index (χ0) is 21.1. The number of aliphatic imine (C=N–C) groups is 1. The fraction of sp³-hybridized carbons (Fsp3) is 0.500. The van der Waals surface area contributed by atoms with Gasteiger partial charge in [-0.05, 0) is 44.4 Å². The summed E-state index contributed by atoms with van der Waals surface area (Å²) in [7, 11) is 0. The number of benzene rings is 1. The van der Waals surface area contributed by atoms with Gasteiger partial charge in [0.05, 0.1) is 6.54 Å². The smallest absolute Gasteiger partial charge is 0.191 e. The number of nitrogens with one attached hydrogen (secondary N) is 3. The Kier molecular flexibility index (Phi) is 8.66. The third-order valence-electron chi connectivity index (χ3n) is 5.56. The Bertz CT molecular complexity index is 760. The number of aromatic nitrogens is 1. The predicted molar refractivity (Wildman–Crippen MR) is 123 cm³/mol. The Balaban J connectivity index is 1.63. The monoisotopic (exact) mass is 409 g/mol. The van der Waals surface area contributed by atoms with Crippen molar-refractivity contribution in [1.29, 1.82) is 0 Å². The van der Waals surface area contributed by atoms with E-state index in [0.717, 1.165) is 57.2 Å². The van der Waals surface area contributed by atoms with Crippen molar-refractivity contribution in [3.63, 3.8) is 0 Å². The molecule has 0 bridgehead atoms. The van der Waals surface area contributed by atoms with Crippen LogP contribution in [0.3, 0.4) is 0 Å². The van der Waals surface area contributed by atoms with Crippen LogP contribution in [0, 0.1) is 0 Å².